The summed E-state index contributed by atoms with van der Waals surface area (Å²) in [5.41, 5.74) is 1.64. The van der Waals surface area contributed by atoms with Crippen LogP contribution in [0.5, 0.6) is 5.75 Å². The van der Waals surface area contributed by atoms with E-state index in [2.05, 4.69) is 10.1 Å². The molecule has 0 saturated carbocycles. The van der Waals surface area contributed by atoms with Gasteiger partial charge in [0.25, 0.3) is 0 Å². The van der Waals surface area contributed by atoms with Crippen molar-refractivity contribution in [2.75, 3.05) is 6.61 Å². The van der Waals surface area contributed by atoms with E-state index in [-0.39, 0.29) is 16.7 Å². The van der Waals surface area contributed by atoms with Crippen LogP contribution in [0.2, 0.25) is 0 Å². The van der Waals surface area contributed by atoms with Gasteiger partial charge in [0.05, 0.1) is 4.90 Å². The van der Waals surface area contributed by atoms with Crippen molar-refractivity contribution in [3.8, 4) is 5.75 Å². The van der Waals surface area contributed by atoms with Crippen LogP contribution in [-0.2, 0) is 16.6 Å². The second-order valence-electron chi connectivity index (χ2n) is 6.01. The third kappa shape index (κ3) is 6.85. The number of benzene rings is 2. The van der Waals surface area contributed by atoms with Crippen molar-refractivity contribution < 1.29 is 26.3 Å². The monoisotopic (exact) mass is 402 g/mol. The normalized spacial score (nSPS) is 13.4. The fourth-order valence-corrected chi connectivity index (χ4v) is 3.08. The minimum absolute atomic E-state index is 0.0476. The molecule has 1 atom stereocenters. The molecule has 5 nitrogen and oxygen atoms in total. The van der Waals surface area contributed by atoms with Crippen molar-refractivity contribution >= 4 is 10.0 Å². The van der Waals surface area contributed by atoms with Gasteiger partial charge in [0.15, 0.2) is 6.61 Å². The van der Waals surface area contributed by atoms with Gasteiger partial charge in [-0.25, -0.2) is 13.6 Å². The van der Waals surface area contributed by atoms with Crippen LogP contribution in [0.4, 0.5) is 13.2 Å². The highest BCUT2D eigenvalue weighted by molar-refractivity contribution is 7.89. The first kappa shape index (κ1) is 21.2. The molecule has 0 unspecified atom stereocenters. The van der Waals surface area contributed by atoms with Gasteiger partial charge in [0.1, 0.15) is 5.75 Å². The maximum atomic E-state index is 12.2. The molecule has 0 aromatic heterocycles. The van der Waals surface area contributed by atoms with E-state index in [0.29, 0.717) is 13.0 Å². The average molecular weight is 402 g/mol. The predicted molar refractivity (Wildman–Crippen MR) is 95.7 cm³/mol. The van der Waals surface area contributed by atoms with Gasteiger partial charge in [-0.2, -0.15) is 13.2 Å². The molecule has 0 aliphatic heterocycles. The van der Waals surface area contributed by atoms with E-state index in [4.69, 9.17) is 5.14 Å². The Morgan fingerprint density at radius 1 is 1.15 bits per heavy atom. The summed E-state index contributed by atoms with van der Waals surface area (Å²) in [6, 6.07) is 12.6. The van der Waals surface area contributed by atoms with E-state index in [1.165, 1.54) is 24.3 Å². The van der Waals surface area contributed by atoms with Crippen LogP contribution in [0.15, 0.2) is 53.4 Å². The average Bonchev–Trinajstić information content (AvgIpc) is 2.60. The molecule has 2 aromatic rings. The number of sulfonamides is 1. The fourth-order valence-electron chi connectivity index (χ4n) is 2.52. The standard InChI is InChI=1S/C18H21F3N2O3S/c1-2-17(14-4-3-5-16(10-14)27(22,24)25)23-11-13-6-8-15(9-7-13)26-12-18(19,20)21/h3-10,17,23H,2,11-12H2,1H3,(H2,22,24,25)/t17-/m0/s1. The first-order valence-corrected chi connectivity index (χ1v) is 9.78. The number of alkyl halides is 3. The summed E-state index contributed by atoms with van der Waals surface area (Å²) >= 11 is 0. The second kappa shape index (κ2) is 8.73. The van der Waals surface area contributed by atoms with E-state index >= 15 is 0 Å². The number of hydrogen-bond donors (Lipinski definition) is 2. The highest BCUT2D eigenvalue weighted by Crippen LogP contribution is 2.22. The topological polar surface area (TPSA) is 81.4 Å². The van der Waals surface area contributed by atoms with E-state index in [9.17, 15) is 21.6 Å². The van der Waals surface area contributed by atoms with Crippen LogP contribution in [0.1, 0.15) is 30.5 Å². The van der Waals surface area contributed by atoms with E-state index in [0.717, 1.165) is 11.1 Å². The fraction of sp³-hybridized carbons (Fsp3) is 0.333. The van der Waals surface area contributed by atoms with Crippen molar-refractivity contribution in [2.24, 2.45) is 5.14 Å². The van der Waals surface area contributed by atoms with Crippen LogP contribution in [0, 0.1) is 0 Å². The van der Waals surface area contributed by atoms with Gasteiger partial charge in [-0.15, -0.1) is 0 Å². The molecule has 0 saturated heterocycles. The minimum atomic E-state index is -4.37. The van der Waals surface area contributed by atoms with E-state index in [1.54, 1.807) is 18.2 Å². The zero-order chi connectivity index (χ0) is 20.1. The van der Waals surface area contributed by atoms with Crippen LogP contribution in [0.25, 0.3) is 0 Å². The molecule has 0 aliphatic rings. The largest absolute Gasteiger partial charge is 0.484 e. The van der Waals surface area contributed by atoms with Crippen molar-refractivity contribution in [1.82, 2.24) is 5.32 Å². The molecule has 0 fully saturated rings. The first-order chi connectivity index (χ1) is 12.6. The number of hydrogen-bond acceptors (Lipinski definition) is 4. The van der Waals surface area contributed by atoms with Gasteiger partial charge < -0.3 is 10.1 Å². The summed E-state index contributed by atoms with van der Waals surface area (Å²) in [5, 5.41) is 8.47. The molecule has 2 rings (SSSR count). The first-order valence-electron chi connectivity index (χ1n) is 8.23. The van der Waals surface area contributed by atoms with Crippen molar-refractivity contribution in [3.05, 3.63) is 59.7 Å². The third-order valence-corrected chi connectivity index (χ3v) is 4.79. The Morgan fingerprint density at radius 3 is 2.37 bits per heavy atom. The number of rotatable bonds is 8. The van der Waals surface area contributed by atoms with Gasteiger partial charge >= 0.3 is 6.18 Å². The summed E-state index contributed by atoms with van der Waals surface area (Å²) in [5.74, 6) is 0.143. The van der Waals surface area contributed by atoms with Crippen molar-refractivity contribution in [2.45, 2.75) is 37.0 Å². The van der Waals surface area contributed by atoms with Gasteiger partial charge in [-0.3, -0.25) is 0 Å². The molecule has 3 N–H and O–H groups in total. The van der Waals surface area contributed by atoms with Crippen LogP contribution >= 0.6 is 0 Å². The Bertz CT molecular complexity index is 853. The Hall–Kier alpha value is -2.10. The molecule has 0 aliphatic carbocycles. The Balaban J connectivity index is 2.00. The molecule has 148 valence electrons. The van der Waals surface area contributed by atoms with Crippen molar-refractivity contribution in [1.29, 1.82) is 0 Å². The zero-order valence-electron chi connectivity index (χ0n) is 14.7. The molecular formula is C18H21F3N2O3S. The minimum Gasteiger partial charge on any atom is -0.484 e. The SMILES string of the molecule is CC[C@H](NCc1ccc(OCC(F)(F)F)cc1)c1cccc(S(N)(=O)=O)c1. The summed E-state index contributed by atoms with van der Waals surface area (Å²) in [4.78, 5) is 0.0476. The van der Waals surface area contributed by atoms with E-state index in [1.807, 2.05) is 13.0 Å². The molecule has 0 spiro atoms. The lowest BCUT2D eigenvalue weighted by molar-refractivity contribution is -0.153. The van der Waals surface area contributed by atoms with Gasteiger partial charge in [-0.1, -0.05) is 31.2 Å². The molecule has 0 amide bonds. The molecule has 2 aromatic carbocycles. The lowest BCUT2D eigenvalue weighted by Gasteiger charge is -2.18. The predicted octanol–water partition coefficient (Wildman–Crippen LogP) is 3.52. The van der Waals surface area contributed by atoms with Crippen LogP contribution < -0.4 is 15.2 Å². The smallest absolute Gasteiger partial charge is 0.422 e. The summed E-state index contributed by atoms with van der Waals surface area (Å²) in [7, 11) is -3.78. The maximum Gasteiger partial charge on any atom is 0.422 e. The number of halogens is 3. The van der Waals surface area contributed by atoms with Gasteiger partial charge in [0, 0.05) is 12.6 Å². The molecule has 0 bridgehead atoms. The number of primary sulfonamides is 1. The molecule has 9 heteroatoms. The van der Waals surface area contributed by atoms with E-state index < -0.39 is 22.8 Å². The van der Waals surface area contributed by atoms with Crippen LogP contribution in [-0.4, -0.2) is 21.2 Å². The maximum absolute atomic E-state index is 12.2. The summed E-state index contributed by atoms with van der Waals surface area (Å²) < 4.78 is 64.1. The molecule has 0 radical (unpaired) electrons. The lowest BCUT2D eigenvalue weighted by atomic mass is 10.0. The Kier molecular flexibility index (Phi) is 6.85. The van der Waals surface area contributed by atoms with Gasteiger partial charge in [-0.05, 0) is 41.8 Å². The Labute approximate surface area is 156 Å². The van der Waals surface area contributed by atoms with Crippen molar-refractivity contribution in [3.63, 3.8) is 0 Å². The summed E-state index contributed by atoms with van der Waals surface area (Å²) in [6.07, 6.45) is -3.67. The molecule has 27 heavy (non-hydrogen) atoms. The number of nitrogens with two attached hydrogens (primary N) is 1. The number of ether oxygens (including phenoxy) is 1. The van der Waals surface area contributed by atoms with Crippen LogP contribution in [0.3, 0.4) is 0 Å². The second-order valence-corrected chi connectivity index (χ2v) is 7.57. The lowest BCUT2D eigenvalue weighted by Crippen LogP contribution is -2.21. The Morgan fingerprint density at radius 2 is 1.81 bits per heavy atom. The highest BCUT2D eigenvalue weighted by Gasteiger charge is 2.28. The zero-order valence-corrected chi connectivity index (χ0v) is 15.5. The molecular weight excluding hydrogens is 381 g/mol. The summed E-state index contributed by atoms with van der Waals surface area (Å²) in [6.45, 7) is 1.08. The molecule has 0 heterocycles. The highest BCUT2D eigenvalue weighted by atomic mass is 32.2. The quantitative estimate of drug-likeness (QED) is 0.708. The number of nitrogens with one attached hydrogen (secondary N) is 1. The third-order valence-electron chi connectivity index (χ3n) is 3.88. The van der Waals surface area contributed by atoms with Gasteiger partial charge in [0.2, 0.25) is 10.0 Å².